The van der Waals surface area contributed by atoms with E-state index in [1.807, 2.05) is 22.8 Å². The summed E-state index contributed by atoms with van der Waals surface area (Å²) in [5, 5.41) is 5.96. The van der Waals surface area contributed by atoms with Crippen LogP contribution in [0.4, 0.5) is 17.1 Å². The van der Waals surface area contributed by atoms with Crippen LogP contribution in [0.5, 0.6) is 23.0 Å². The van der Waals surface area contributed by atoms with E-state index in [1.165, 1.54) is 21.3 Å². The highest BCUT2D eigenvalue weighted by atomic mass is 16.5. The van der Waals surface area contributed by atoms with Gasteiger partial charge in [-0.3, -0.25) is 14.4 Å². The molecule has 1 saturated heterocycles. The molecule has 0 saturated carbocycles. The van der Waals surface area contributed by atoms with Crippen LogP contribution in [0.15, 0.2) is 77.6 Å². The van der Waals surface area contributed by atoms with Crippen molar-refractivity contribution in [2.75, 3.05) is 57.1 Å². The van der Waals surface area contributed by atoms with E-state index in [9.17, 15) is 14.4 Å². The molecule has 2 bridgehead atoms. The van der Waals surface area contributed by atoms with Gasteiger partial charge in [0.1, 0.15) is 5.75 Å². The first kappa shape index (κ1) is 30.6. The van der Waals surface area contributed by atoms with E-state index in [0.29, 0.717) is 65.1 Å². The number of carbonyl (C=O) groups excluding carboxylic acids is 2. The van der Waals surface area contributed by atoms with Gasteiger partial charge in [0.05, 0.1) is 39.8 Å². The van der Waals surface area contributed by atoms with Crippen LogP contribution in [-0.4, -0.2) is 57.9 Å². The Morgan fingerprint density at radius 1 is 0.739 bits per heavy atom. The fourth-order valence-corrected chi connectivity index (χ4v) is 6.44. The van der Waals surface area contributed by atoms with Crippen molar-refractivity contribution in [2.24, 2.45) is 5.92 Å². The lowest BCUT2D eigenvalue weighted by molar-refractivity contribution is 0.101. The Balaban J connectivity index is 1.33. The van der Waals surface area contributed by atoms with Gasteiger partial charge in [0, 0.05) is 66.3 Å². The quantitative estimate of drug-likeness (QED) is 0.267. The van der Waals surface area contributed by atoms with Gasteiger partial charge in [0.15, 0.2) is 11.5 Å². The molecule has 0 aliphatic carbocycles. The van der Waals surface area contributed by atoms with Crippen LogP contribution in [-0.2, 0) is 6.54 Å². The fraction of sp³-hybridized carbons (Fsp3) is 0.286. The molecule has 46 heavy (non-hydrogen) atoms. The Morgan fingerprint density at radius 3 is 2.11 bits per heavy atom. The standard InChI is InChI=1S/C35H36N4O7/c1-43-26-11-8-22(9-12-26)34(41)37-27-15-23(35(42)36-25-16-30(44-2)33(46-4)31(17-25)45-3)10-13-29(27)38-18-21-14-24(20-38)28-6-5-7-32(40)39(28)19-21/h5-13,15-17,21,24H,14,18-20H2,1-4H3,(H,36,42)(H,37,41). The maximum atomic E-state index is 13.6. The summed E-state index contributed by atoms with van der Waals surface area (Å²) in [5.41, 5.74) is 3.59. The number of methoxy groups -OCH3 is 4. The molecule has 2 unspecified atom stereocenters. The van der Waals surface area contributed by atoms with E-state index in [-0.39, 0.29) is 29.2 Å². The van der Waals surface area contributed by atoms with Crippen LogP contribution in [0.2, 0.25) is 0 Å². The third-order valence-corrected chi connectivity index (χ3v) is 8.60. The number of hydrogen-bond acceptors (Lipinski definition) is 8. The molecule has 6 rings (SSSR count). The van der Waals surface area contributed by atoms with Gasteiger partial charge in [-0.15, -0.1) is 0 Å². The monoisotopic (exact) mass is 624 g/mol. The van der Waals surface area contributed by atoms with Crippen molar-refractivity contribution in [1.29, 1.82) is 0 Å². The largest absolute Gasteiger partial charge is 0.497 e. The number of carbonyl (C=O) groups is 2. The number of nitrogens with one attached hydrogen (secondary N) is 2. The smallest absolute Gasteiger partial charge is 0.255 e. The van der Waals surface area contributed by atoms with Crippen molar-refractivity contribution < 1.29 is 28.5 Å². The van der Waals surface area contributed by atoms with Gasteiger partial charge in [-0.05, 0) is 60.9 Å². The fourth-order valence-electron chi connectivity index (χ4n) is 6.44. The molecule has 2 N–H and O–H groups in total. The molecule has 3 heterocycles. The average molecular weight is 625 g/mol. The summed E-state index contributed by atoms with van der Waals surface area (Å²) in [6.45, 7) is 2.02. The van der Waals surface area contributed by atoms with Crippen molar-refractivity contribution >= 4 is 28.9 Å². The summed E-state index contributed by atoms with van der Waals surface area (Å²) in [6.07, 6.45) is 0.989. The summed E-state index contributed by atoms with van der Waals surface area (Å²) < 4.78 is 23.4. The molecule has 2 aliphatic heterocycles. The van der Waals surface area contributed by atoms with E-state index < -0.39 is 0 Å². The molecule has 0 spiro atoms. The highest BCUT2D eigenvalue weighted by Crippen LogP contribution is 2.41. The van der Waals surface area contributed by atoms with E-state index in [1.54, 1.807) is 61.7 Å². The van der Waals surface area contributed by atoms with Crippen LogP contribution < -0.4 is 40.0 Å². The maximum Gasteiger partial charge on any atom is 0.255 e. The molecule has 4 aromatic rings. The Bertz CT molecular complexity index is 1810. The number of ether oxygens (including phenoxy) is 4. The zero-order valence-electron chi connectivity index (χ0n) is 26.2. The lowest BCUT2D eigenvalue weighted by Crippen LogP contribution is -2.47. The number of fused-ring (bicyclic) bond motifs is 4. The Morgan fingerprint density at radius 2 is 1.43 bits per heavy atom. The topological polar surface area (TPSA) is 120 Å². The molecule has 2 amide bonds. The second-order valence-electron chi connectivity index (χ2n) is 11.4. The Kier molecular flexibility index (Phi) is 8.56. The minimum absolute atomic E-state index is 0.0237. The van der Waals surface area contributed by atoms with E-state index in [2.05, 4.69) is 15.5 Å². The third kappa shape index (κ3) is 5.95. The van der Waals surface area contributed by atoms with Gasteiger partial charge in [-0.1, -0.05) is 6.07 Å². The molecule has 0 radical (unpaired) electrons. The number of aromatic nitrogens is 1. The van der Waals surface area contributed by atoms with Gasteiger partial charge in [-0.25, -0.2) is 0 Å². The van der Waals surface area contributed by atoms with Crippen LogP contribution in [0.3, 0.4) is 0 Å². The number of anilines is 3. The van der Waals surface area contributed by atoms with Gasteiger partial charge >= 0.3 is 0 Å². The van der Waals surface area contributed by atoms with E-state index in [0.717, 1.165) is 17.8 Å². The first-order chi connectivity index (χ1) is 22.3. The first-order valence-electron chi connectivity index (χ1n) is 15.0. The van der Waals surface area contributed by atoms with E-state index >= 15 is 0 Å². The highest BCUT2D eigenvalue weighted by Gasteiger charge is 2.35. The minimum Gasteiger partial charge on any atom is -0.497 e. The number of benzene rings is 3. The van der Waals surface area contributed by atoms with E-state index in [4.69, 9.17) is 18.9 Å². The van der Waals surface area contributed by atoms with Crippen molar-refractivity contribution in [3.63, 3.8) is 0 Å². The lowest BCUT2D eigenvalue weighted by Gasteiger charge is -2.44. The third-order valence-electron chi connectivity index (χ3n) is 8.60. The number of hydrogen-bond donors (Lipinski definition) is 2. The molecule has 2 aliphatic rings. The Hall–Kier alpha value is -5.45. The summed E-state index contributed by atoms with van der Waals surface area (Å²) >= 11 is 0. The number of amides is 2. The molecule has 3 aromatic carbocycles. The van der Waals surface area contributed by atoms with Crippen LogP contribution in [0, 0.1) is 5.92 Å². The zero-order chi connectivity index (χ0) is 32.4. The van der Waals surface area contributed by atoms with Crippen LogP contribution in [0.25, 0.3) is 0 Å². The Labute approximate surface area is 266 Å². The average Bonchev–Trinajstić information content (AvgIpc) is 3.08. The summed E-state index contributed by atoms with van der Waals surface area (Å²) in [6, 6.07) is 20.9. The highest BCUT2D eigenvalue weighted by molar-refractivity contribution is 6.09. The lowest BCUT2D eigenvalue weighted by atomic mass is 9.83. The summed E-state index contributed by atoms with van der Waals surface area (Å²) in [5.74, 6) is 1.58. The van der Waals surface area contributed by atoms with Crippen molar-refractivity contribution in [3.8, 4) is 23.0 Å². The predicted molar refractivity (Wildman–Crippen MR) is 175 cm³/mol. The molecular weight excluding hydrogens is 588 g/mol. The molecule has 11 nitrogen and oxygen atoms in total. The SMILES string of the molecule is COc1ccc(C(=O)Nc2cc(C(=O)Nc3cc(OC)c(OC)c(OC)c3)ccc2N2CC3CC(C2)c2cccc(=O)n2C3)cc1. The maximum absolute atomic E-state index is 13.6. The zero-order valence-corrected chi connectivity index (χ0v) is 26.2. The van der Waals surface area contributed by atoms with Crippen LogP contribution in [0.1, 0.15) is 38.7 Å². The van der Waals surface area contributed by atoms with Gasteiger partial charge < -0.3 is 39.0 Å². The predicted octanol–water partition coefficient (Wildman–Crippen LogP) is 5.01. The summed E-state index contributed by atoms with van der Waals surface area (Å²) in [7, 11) is 6.09. The van der Waals surface area contributed by atoms with Crippen LogP contribution >= 0.6 is 0 Å². The van der Waals surface area contributed by atoms with Crippen molar-refractivity contribution in [1.82, 2.24) is 4.57 Å². The molecule has 2 atom stereocenters. The molecular formula is C35H36N4O7. The molecule has 1 aromatic heterocycles. The number of pyridine rings is 1. The number of nitrogens with zero attached hydrogens (tertiary/aromatic N) is 2. The second kappa shape index (κ2) is 12.9. The van der Waals surface area contributed by atoms with Crippen molar-refractivity contribution in [2.45, 2.75) is 18.9 Å². The van der Waals surface area contributed by atoms with Crippen molar-refractivity contribution in [3.05, 3.63) is 100.0 Å². The first-order valence-corrected chi connectivity index (χ1v) is 15.0. The minimum atomic E-state index is -0.385. The summed E-state index contributed by atoms with van der Waals surface area (Å²) in [4.78, 5) is 41.8. The molecule has 1 fully saturated rings. The molecule has 238 valence electrons. The van der Waals surface area contributed by atoms with Gasteiger partial charge in [0.25, 0.3) is 17.4 Å². The van der Waals surface area contributed by atoms with Gasteiger partial charge in [-0.2, -0.15) is 0 Å². The number of piperidine rings is 1. The van der Waals surface area contributed by atoms with Gasteiger partial charge in [0.2, 0.25) is 5.75 Å². The normalized spacial score (nSPS) is 16.6. The number of rotatable bonds is 9. The molecule has 11 heteroatoms. The second-order valence-corrected chi connectivity index (χ2v) is 11.4.